The van der Waals surface area contributed by atoms with Crippen molar-refractivity contribution in [2.24, 2.45) is 0 Å². The second-order valence-corrected chi connectivity index (χ2v) is 7.41. The standard InChI is InChI=1S/C17H15F3N4O2S.C2HF3O2/c1-9-2-3-11(16(26,8-25)17(18,19)20)4-12(9)13-6-22-15(21)14(24-13)10-5-23-27-7-10;3-2(4,5)1(6)7/h2-7,25-26H,8H2,1H3,(H2,21,22);(H,6,7). The molecular weight excluding hydrogens is 494 g/mol. The highest BCUT2D eigenvalue weighted by atomic mass is 32.1. The van der Waals surface area contributed by atoms with E-state index in [0.717, 1.165) is 12.1 Å². The Hall–Kier alpha value is -3.30. The van der Waals surface area contributed by atoms with E-state index in [0.29, 0.717) is 22.4 Å². The van der Waals surface area contributed by atoms with Gasteiger partial charge >= 0.3 is 18.3 Å². The summed E-state index contributed by atoms with van der Waals surface area (Å²) in [6, 6.07) is 3.69. The zero-order valence-corrected chi connectivity index (χ0v) is 17.8. The van der Waals surface area contributed by atoms with E-state index in [1.165, 1.54) is 23.8 Å². The minimum absolute atomic E-state index is 0.162. The van der Waals surface area contributed by atoms with Crippen LogP contribution in [0.3, 0.4) is 0 Å². The maximum absolute atomic E-state index is 13.3. The number of rotatable bonds is 4. The van der Waals surface area contributed by atoms with Crippen molar-refractivity contribution < 1.29 is 46.5 Å². The molecule has 0 fully saturated rings. The zero-order valence-electron chi connectivity index (χ0n) is 17.0. The second-order valence-electron chi connectivity index (χ2n) is 6.75. The molecule has 0 bridgehead atoms. The summed E-state index contributed by atoms with van der Waals surface area (Å²) < 4.78 is 75.5. The van der Waals surface area contributed by atoms with E-state index in [1.807, 2.05) is 0 Å². The SMILES string of the molecule is Cc1ccc(C(O)(CO)C(F)(F)F)cc1-c1cnc(N)c(-c2cnsc2)n1.O=C(O)C(F)(F)F. The molecule has 0 amide bonds. The van der Waals surface area contributed by atoms with Crippen LogP contribution in [-0.2, 0) is 10.4 Å². The van der Waals surface area contributed by atoms with Crippen LogP contribution >= 0.6 is 11.5 Å². The molecule has 0 spiro atoms. The number of nitrogens with zero attached hydrogens (tertiary/aromatic N) is 3. The van der Waals surface area contributed by atoms with Crippen LogP contribution in [-0.4, -0.2) is 54.6 Å². The maximum atomic E-state index is 13.3. The van der Waals surface area contributed by atoms with Crippen molar-refractivity contribution in [3.63, 3.8) is 0 Å². The van der Waals surface area contributed by atoms with E-state index in [4.69, 9.17) is 15.6 Å². The normalized spacial score (nSPS) is 13.6. The van der Waals surface area contributed by atoms with Gasteiger partial charge in [-0.25, -0.2) is 19.1 Å². The Labute approximate surface area is 191 Å². The number of aliphatic hydroxyl groups excluding tert-OH is 1. The minimum atomic E-state index is -5.08. The van der Waals surface area contributed by atoms with Gasteiger partial charge < -0.3 is 21.1 Å². The Morgan fingerprint density at radius 1 is 1.15 bits per heavy atom. The Morgan fingerprint density at radius 3 is 2.24 bits per heavy atom. The molecule has 1 unspecified atom stereocenters. The van der Waals surface area contributed by atoms with E-state index in [9.17, 15) is 36.6 Å². The van der Waals surface area contributed by atoms with Gasteiger partial charge in [0.15, 0.2) is 0 Å². The first kappa shape index (κ1) is 26.9. The van der Waals surface area contributed by atoms with Gasteiger partial charge in [-0.15, -0.1) is 0 Å². The fraction of sp³-hybridized carbons (Fsp3) is 0.263. The lowest BCUT2D eigenvalue weighted by atomic mass is 9.90. The molecule has 184 valence electrons. The van der Waals surface area contributed by atoms with Crippen LogP contribution in [0.1, 0.15) is 11.1 Å². The van der Waals surface area contributed by atoms with Gasteiger partial charge in [-0.2, -0.15) is 26.3 Å². The molecule has 0 saturated carbocycles. The smallest absolute Gasteiger partial charge is 0.475 e. The highest BCUT2D eigenvalue weighted by Gasteiger charge is 2.54. The highest BCUT2D eigenvalue weighted by molar-refractivity contribution is 7.03. The van der Waals surface area contributed by atoms with E-state index in [2.05, 4.69) is 14.3 Å². The molecule has 0 radical (unpaired) electrons. The quantitative estimate of drug-likeness (QED) is 0.391. The number of carboxylic acids is 1. The van der Waals surface area contributed by atoms with Crippen LogP contribution < -0.4 is 5.73 Å². The molecule has 3 rings (SSSR count). The molecular formula is C19H16F6N4O4S. The monoisotopic (exact) mass is 510 g/mol. The molecule has 2 aromatic heterocycles. The molecule has 0 aliphatic rings. The molecule has 0 aliphatic carbocycles. The van der Waals surface area contributed by atoms with E-state index >= 15 is 0 Å². The van der Waals surface area contributed by atoms with Gasteiger partial charge in [0.1, 0.15) is 11.5 Å². The average Bonchev–Trinajstić information content (AvgIpc) is 3.27. The van der Waals surface area contributed by atoms with Gasteiger partial charge in [0.05, 0.1) is 24.7 Å². The number of nitrogen functional groups attached to an aromatic ring is 1. The summed E-state index contributed by atoms with van der Waals surface area (Å²) in [5, 5.41) is 28.0. The average molecular weight is 510 g/mol. The first-order valence-electron chi connectivity index (χ1n) is 8.95. The largest absolute Gasteiger partial charge is 0.490 e. The summed E-state index contributed by atoms with van der Waals surface area (Å²) in [6.45, 7) is 0.187. The third-order valence-corrected chi connectivity index (χ3v) is 5.02. The fourth-order valence-electron chi connectivity index (χ4n) is 2.56. The first-order chi connectivity index (χ1) is 15.6. The van der Waals surface area contributed by atoms with Crippen LogP contribution in [0.25, 0.3) is 22.5 Å². The van der Waals surface area contributed by atoms with Gasteiger partial charge in [0.25, 0.3) is 0 Å². The van der Waals surface area contributed by atoms with Crippen LogP contribution in [0.4, 0.5) is 32.2 Å². The minimum Gasteiger partial charge on any atom is -0.475 e. The summed E-state index contributed by atoms with van der Waals surface area (Å²) >= 11 is 1.20. The molecule has 0 aliphatic heterocycles. The predicted molar refractivity (Wildman–Crippen MR) is 108 cm³/mol. The zero-order chi connectivity index (χ0) is 25.9. The van der Waals surface area contributed by atoms with Crippen molar-refractivity contribution in [3.8, 4) is 22.5 Å². The van der Waals surface area contributed by atoms with E-state index in [1.54, 1.807) is 18.5 Å². The molecule has 8 nitrogen and oxygen atoms in total. The molecule has 34 heavy (non-hydrogen) atoms. The summed E-state index contributed by atoms with van der Waals surface area (Å²) in [4.78, 5) is 17.4. The molecule has 5 N–H and O–H groups in total. The number of aromatic nitrogens is 3. The lowest BCUT2D eigenvalue weighted by Gasteiger charge is -2.29. The highest BCUT2D eigenvalue weighted by Crippen LogP contribution is 2.40. The lowest BCUT2D eigenvalue weighted by molar-refractivity contribution is -0.277. The Kier molecular flexibility index (Phi) is 7.85. The molecule has 1 aromatic carbocycles. The number of carbonyl (C=O) groups is 1. The molecule has 0 saturated heterocycles. The summed E-state index contributed by atoms with van der Waals surface area (Å²) in [7, 11) is 0. The molecule has 3 aromatic rings. The van der Waals surface area contributed by atoms with Crippen molar-refractivity contribution in [3.05, 3.63) is 47.1 Å². The van der Waals surface area contributed by atoms with Crippen LogP contribution in [0.15, 0.2) is 36.0 Å². The number of aliphatic carboxylic acids is 1. The topological polar surface area (TPSA) is 142 Å². The molecule has 1 atom stereocenters. The third-order valence-electron chi connectivity index (χ3n) is 4.44. The second kappa shape index (κ2) is 9.90. The predicted octanol–water partition coefficient (Wildman–Crippen LogP) is 3.53. The van der Waals surface area contributed by atoms with Gasteiger partial charge in [-0.3, -0.25) is 0 Å². The van der Waals surface area contributed by atoms with Crippen LogP contribution in [0.5, 0.6) is 0 Å². The van der Waals surface area contributed by atoms with Crippen molar-refractivity contribution in [1.82, 2.24) is 14.3 Å². The summed E-state index contributed by atoms with van der Waals surface area (Å²) in [5.41, 5.74) is 4.23. The van der Waals surface area contributed by atoms with E-state index < -0.39 is 36.1 Å². The number of benzene rings is 1. The van der Waals surface area contributed by atoms with Crippen molar-refractivity contribution >= 4 is 23.3 Å². The Bertz CT molecular complexity index is 1150. The van der Waals surface area contributed by atoms with Gasteiger partial charge in [-0.05, 0) is 35.6 Å². The summed E-state index contributed by atoms with van der Waals surface area (Å²) in [6.07, 6.45) is -7.23. The van der Waals surface area contributed by atoms with Gasteiger partial charge in [0, 0.05) is 16.5 Å². The Morgan fingerprint density at radius 2 is 1.76 bits per heavy atom. The number of hydrogen-bond acceptors (Lipinski definition) is 8. The number of hydrogen-bond donors (Lipinski definition) is 4. The van der Waals surface area contributed by atoms with Crippen molar-refractivity contribution in [1.29, 1.82) is 0 Å². The number of aryl methyl sites for hydroxylation is 1. The lowest BCUT2D eigenvalue weighted by Crippen LogP contribution is -2.45. The number of aliphatic hydroxyl groups is 2. The first-order valence-corrected chi connectivity index (χ1v) is 9.79. The fourth-order valence-corrected chi connectivity index (χ4v) is 3.08. The third kappa shape index (κ3) is 5.78. The molecule has 2 heterocycles. The number of nitrogens with two attached hydrogens (primary N) is 1. The van der Waals surface area contributed by atoms with Crippen LogP contribution in [0, 0.1) is 6.92 Å². The maximum Gasteiger partial charge on any atom is 0.490 e. The van der Waals surface area contributed by atoms with E-state index in [-0.39, 0.29) is 11.5 Å². The van der Waals surface area contributed by atoms with Crippen molar-refractivity contribution in [2.75, 3.05) is 12.3 Å². The number of anilines is 1. The summed E-state index contributed by atoms with van der Waals surface area (Å²) in [5.74, 6) is -2.59. The Balaban J connectivity index is 0.000000509. The number of alkyl halides is 6. The number of halogens is 6. The van der Waals surface area contributed by atoms with Crippen LogP contribution in [0.2, 0.25) is 0 Å². The molecule has 15 heteroatoms. The van der Waals surface area contributed by atoms with Gasteiger partial charge in [0.2, 0.25) is 5.60 Å². The van der Waals surface area contributed by atoms with Gasteiger partial charge in [-0.1, -0.05) is 12.1 Å². The van der Waals surface area contributed by atoms with Crippen molar-refractivity contribution in [2.45, 2.75) is 24.9 Å². The number of carboxylic acid groups (broad SMARTS) is 1.